The quantitative estimate of drug-likeness (QED) is 0.213. The molecule has 2 spiro atoms. The van der Waals surface area contributed by atoms with Gasteiger partial charge < -0.3 is 0 Å². The number of hydrogen-bond donors (Lipinski definition) is 0. The molecule has 0 N–H and O–H groups in total. The topological polar surface area (TPSA) is 0 Å². The Morgan fingerprint density at radius 1 is 0.528 bits per heavy atom. The Morgan fingerprint density at radius 3 is 1.39 bits per heavy atom. The summed E-state index contributed by atoms with van der Waals surface area (Å²) in [7, 11) is 0. The van der Waals surface area contributed by atoms with E-state index >= 15 is 0 Å². The van der Waals surface area contributed by atoms with E-state index in [1.54, 1.807) is 0 Å². The maximum absolute atomic E-state index is 7.44. The lowest BCUT2D eigenvalue weighted by atomic mass is 9.42. The third-order valence-electron chi connectivity index (χ3n) is 13.1. The van der Waals surface area contributed by atoms with Crippen LogP contribution < -0.4 is 0 Å². The smallest absolute Gasteiger partial charge is 0.100 e. The maximum Gasteiger partial charge on any atom is 0.129 e. The van der Waals surface area contributed by atoms with E-state index in [2.05, 4.69) is 13.8 Å². The summed E-state index contributed by atoms with van der Waals surface area (Å²) in [5, 5.41) is 0. The molecule has 0 aromatic heterocycles. The molecule has 0 unspecified atom stereocenters. The predicted molar refractivity (Wildman–Crippen MR) is 158 cm³/mol. The molecule has 0 radical (unpaired) electrons. The first kappa shape index (κ1) is 28.1. The number of hydrogen-bond acceptors (Lipinski definition) is 0. The summed E-state index contributed by atoms with van der Waals surface area (Å²) >= 11 is 14.9. The number of halogens is 2. The Bertz CT molecular complexity index is 665. The molecule has 208 valence electrons. The van der Waals surface area contributed by atoms with Gasteiger partial charge in [0.1, 0.15) is 4.33 Å². The predicted octanol–water partition coefficient (Wildman–Crippen LogP) is 11.9. The third kappa shape index (κ3) is 5.45. The van der Waals surface area contributed by atoms with Crippen molar-refractivity contribution in [2.24, 2.45) is 46.3 Å². The van der Waals surface area contributed by atoms with Crippen molar-refractivity contribution in [2.75, 3.05) is 0 Å². The highest BCUT2D eigenvalue weighted by Gasteiger charge is 2.72. The van der Waals surface area contributed by atoms with Crippen LogP contribution in [0.15, 0.2) is 0 Å². The highest BCUT2D eigenvalue weighted by molar-refractivity contribution is 6.50. The molecule has 0 atom stereocenters. The Labute approximate surface area is 234 Å². The van der Waals surface area contributed by atoms with Crippen molar-refractivity contribution >= 4 is 23.2 Å². The van der Waals surface area contributed by atoms with Crippen molar-refractivity contribution in [3.05, 3.63) is 0 Å². The fourth-order valence-corrected chi connectivity index (χ4v) is 11.5. The van der Waals surface area contributed by atoms with Crippen LogP contribution in [0, 0.1) is 46.3 Å². The van der Waals surface area contributed by atoms with Gasteiger partial charge in [0.2, 0.25) is 0 Å². The van der Waals surface area contributed by atoms with Crippen molar-refractivity contribution < 1.29 is 0 Å². The summed E-state index contributed by atoms with van der Waals surface area (Å²) in [5.41, 5.74) is 0.491. The molecule has 0 aromatic carbocycles. The Morgan fingerprint density at radius 2 is 0.972 bits per heavy atom. The van der Waals surface area contributed by atoms with Gasteiger partial charge in [-0.2, -0.15) is 0 Å². The molecular weight excluding hydrogens is 479 g/mol. The van der Waals surface area contributed by atoms with E-state index in [1.165, 1.54) is 148 Å². The van der Waals surface area contributed by atoms with Gasteiger partial charge in [0, 0.05) is 10.8 Å². The summed E-state index contributed by atoms with van der Waals surface area (Å²) in [5.74, 6) is 5.98. The zero-order valence-electron chi connectivity index (χ0n) is 24.0. The SMILES string of the molecule is CCCCCCC1CCC([C@H]2CC[C@]3(CC2)C[C@@]2(CCC(C4CCC(CC)CC4)CC2)C3(Cl)Cl)CC1. The molecule has 5 aliphatic rings. The summed E-state index contributed by atoms with van der Waals surface area (Å²) in [4.78, 5) is 0. The van der Waals surface area contributed by atoms with Gasteiger partial charge in [-0.1, -0.05) is 78.1 Å². The van der Waals surface area contributed by atoms with Crippen molar-refractivity contribution in [1.29, 1.82) is 0 Å². The Balaban J connectivity index is 1.06. The lowest BCUT2D eigenvalue weighted by molar-refractivity contribution is -0.122. The second kappa shape index (κ2) is 12.0. The summed E-state index contributed by atoms with van der Waals surface area (Å²) in [6.45, 7) is 4.71. The molecule has 5 rings (SSSR count). The summed E-state index contributed by atoms with van der Waals surface area (Å²) in [6.07, 6.45) is 32.9. The zero-order valence-corrected chi connectivity index (χ0v) is 25.5. The molecule has 5 aliphatic carbocycles. The van der Waals surface area contributed by atoms with Crippen LogP contribution in [0.3, 0.4) is 0 Å². The second-order valence-electron chi connectivity index (χ2n) is 14.8. The lowest BCUT2D eigenvalue weighted by Gasteiger charge is -2.69. The molecule has 0 amide bonds. The van der Waals surface area contributed by atoms with E-state index in [-0.39, 0.29) is 10.8 Å². The first-order chi connectivity index (χ1) is 17.4. The average molecular weight is 538 g/mol. The van der Waals surface area contributed by atoms with E-state index in [0.717, 1.165) is 35.5 Å². The van der Waals surface area contributed by atoms with Crippen LogP contribution >= 0.6 is 23.2 Å². The number of unbranched alkanes of at least 4 members (excludes halogenated alkanes) is 3. The van der Waals surface area contributed by atoms with E-state index in [4.69, 9.17) is 23.2 Å². The minimum Gasteiger partial charge on any atom is -0.100 e. The van der Waals surface area contributed by atoms with E-state index < -0.39 is 4.33 Å². The fraction of sp³-hybridized carbons (Fsp3) is 1.00. The van der Waals surface area contributed by atoms with Gasteiger partial charge in [0.15, 0.2) is 0 Å². The molecular formula is C34H58Cl2. The molecule has 0 aromatic rings. The fourth-order valence-electron chi connectivity index (χ4n) is 10.5. The van der Waals surface area contributed by atoms with Gasteiger partial charge in [0.25, 0.3) is 0 Å². The highest BCUT2D eigenvalue weighted by atomic mass is 35.5. The van der Waals surface area contributed by atoms with E-state index in [0.29, 0.717) is 0 Å². The first-order valence-corrected chi connectivity index (χ1v) is 17.6. The largest absolute Gasteiger partial charge is 0.129 e. The first-order valence-electron chi connectivity index (χ1n) is 16.8. The van der Waals surface area contributed by atoms with Crippen LogP contribution in [0.4, 0.5) is 0 Å². The summed E-state index contributed by atoms with van der Waals surface area (Å²) < 4.78 is -0.452. The van der Waals surface area contributed by atoms with Crippen molar-refractivity contribution in [1.82, 2.24) is 0 Å². The van der Waals surface area contributed by atoms with Crippen LogP contribution in [-0.2, 0) is 0 Å². The van der Waals surface area contributed by atoms with Crippen LogP contribution in [0.5, 0.6) is 0 Å². The minimum absolute atomic E-state index is 0.245. The van der Waals surface area contributed by atoms with Crippen molar-refractivity contribution in [3.63, 3.8) is 0 Å². The van der Waals surface area contributed by atoms with Gasteiger partial charge in [-0.15, -0.1) is 23.2 Å². The highest BCUT2D eigenvalue weighted by Crippen LogP contribution is 2.77. The van der Waals surface area contributed by atoms with Crippen LogP contribution in [-0.4, -0.2) is 4.33 Å². The maximum atomic E-state index is 7.44. The standard InChI is InChI=1S/C34H58Cl2/c1-3-5-6-7-8-27-11-15-29(16-12-27)31-19-23-33(24-20-31)25-32(34(33,35)36)21-17-30(18-22-32)28-13-9-26(4-2)10-14-28/h26-31H,3-25H2,1-2H3/t26?,27?,28?,29?,30?,31-,32-,33-. The minimum atomic E-state index is -0.452. The zero-order chi connectivity index (χ0) is 25.2. The monoisotopic (exact) mass is 536 g/mol. The number of rotatable bonds is 8. The van der Waals surface area contributed by atoms with Crippen molar-refractivity contribution in [2.45, 2.75) is 166 Å². The van der Waals surface area contributed by atoms with Gasteiger partial charge in [-0.25, -0.2) is 0 Å². The van der Waals surface area contributed by atoms with Crippen LogP contribution in [0.1, 0.15) is 162 Å². The normalized spacial score (nSPS) is 45.0. The van der Waals surface area contributed by atoms with Gasteiger partial charge >= 0.3 is 0 Å². The molecule has 2 heteroatoms. The molecule has 0 nitrogen and oxygen atoms in total. The molecule has 5 fully saturated rings. The second-order valence-corrected chi connectivity index (χ2v) is 16.1. The molecule has 36 heavy (non-hydrogen) atoms. The molecule has 0 bridgehead atoms. The molecule has 5 saturated carbocycles. The van der Waals surface area contributed by atoms with Crippen molar-refractivity contribution in [3.8, 4) is 0 Å². The van der Waals surface area contributed by atoms with Crippen LogP contribution in [0.25, 0.3) is 0 Å². The summed E-state index contributed by atoms with van der Waals surface area (Å²) in [6, 6.07) is 0. The average Bonchev–Trinajstić information content (AvgIpc) is 2.92. The molecule has 0 heterocycles. The third-order valence-corrected chi connectivity index (χ3v) is 14.7. The van der Waals surface area contributed by atoms with E-state index in [1.807, 2.05) is 0 Å². The lowest BCUT2D eigenvalue weighted by Crippen LogP contribution is -2.66. The molecule has 0 saturated heterocycles. The Hall–Kier alpha value is 0.580. The Kier molecular flexibility index (Phi) is 9.36. The van der Waals surface area contributed by atoms with Gasteiger partial charge in [-0.3, -0.25) is 0 Å². The molecule has 0 aliphatic heterocycles. The van der Waals surface area contributed by atoms with Gasteiger partial charge in [-0.05, 0) is 119 Å². The van der Waals surface area contributed by atoms with Crippen LogP contribution in [0.2, 0.25) is 0 Å². The number of alkyl halides is 2. The van der Waals surface area contributed by atoms with E-state index in [9.17, 15) is 0 Å². The van der Waals surface area contributed by atoms with Gasteiger partial charge in [0.05, 0.1) is 0 Å².